The Balaban J connectivity index is 1.34. The van der Waals surface area contributed by atoms with Crippen molar-refractivity contribution in [3.05, 3.63) is 65.2 Å². The van der Waals surface area contributed by atoms with Crippen molar-refractivity contribution in [2.24, 2.45) is 0 Å². The van der Waals surface area contributed by atoms with Crippen LogP contribution in [0.3, 0.4) is 0 Å². The van der Waals surface area contributed by atoms with E-state index in [1.807, 2.05) is 54.6 Å². The molecule has 0 aliphatic carbocycles. The maximum absolute atomic E-state index is 12.8. The van der Waals surface area contributed by atoms with E-state index in [0.717, 1.165) is 27.2 Å². The quantitative estimate of drug-likeness (QED) is 0.610. The first-order chi connectivity index (χ1) is 13.7. The van der Waals surface area contributed by atoms with Gasteiger partial charge in [0.2, 0.25) is 5.91 Å². The number of para-hydroxylation sites is 1. The lowest BCUT2D eigenvalue weighted by Gasteiger charge is -2.33. The Morgan fingerprint density at radius 3 is 2.79 bits per heavy atom. The van der Waals surface area contributed by atoms with E-state index in [0.29, 0.717) is 12.2 Å². The van der Waals surface area contributed by atoms with E-state index in [9.17, 15) is 9.59 Å². The fraction of sp³-hybridized carbons (Fsp3) is 0.286. The minimum atomic E-state index is -0.547. The summed E-state index contributed by atoms with van der Waals surface area (Å²) >= 11 is 3.19. The van der Waals surface area contributed by atoms with Crippen molar-refractivity contribution < 1.29 is 14.3 Å². The van der Waals surface area contributed by atoms with Crippen LogP contribution < -0.4 is 0 Å². The number of benzene rings is 2. The lowest BCUT2D eigenvalue weighted by Crippen LogP contribution is -2.46. The highest BCUT2D eigenvalue weighted by atomic mass is 32.2. The molecule has 0 N–H and O–H groups in total. The van der Waals surface area contributed by atoms with Crippen LogP contribution in [0.2, 0.25) is 0 Å². The first-order valence-electron chi connectivity index (χ1n) is 9.20. The van der Waals surface area contributed by atoms with Gasteiger partial charge >= 0.3 is 5.97 Å². The summed E-state index contributed by atoms with van der Waals surface area (Å²) in [5, 5.41) is 0.766. The second kappa shape index (κ2) is 6.90. The third-order valence-corrected chi connectivity index (χ3v) is 7.91. The standard InChI is InChI=1S/C21H18N2O3S2/c24-19-10-11-21(14-6-2-1-3-7-14)23(19)16(13-27-21)20(25)26-12-18-22-15-8-4-5-9-17(15)28-18/h1-9,16H,10-13H2/t16-,21+/m0/s1. The van der Waals surface area contributed by atoms with Gasteiger partial charge in [0, 0.05) is 12.2 Å². The molecular formula is C21H18N2O3S2. The van der Waals surface area contributed by atoms with Crippen molar-refractivity contribution in [1.29, 1.82) is 0 Å². The molecule has 7 heteroatoms. The van der Waals surface area contributed by atoms with Gasteiger partial charge in [0.15, 0.2) is 0 Å². The Morgan fingerprint density at radius 2 is 1.96 bits per heavy atom. The van der Waals surface area contributed by atoms with Gasteiger partial charge < -0.3 is 9.64 Å². The highest BCUT2D eigenvalue weighted by molar-refractivity contribution is 8.00. The van der Waals surface area contributed by atoms with Crippen LogP contribution in [0, 0.1) is 0 Å². The summed E-state index contributed by atoms with van der Waals surface area (Å²) in [6.45, 7) is 0.139. The van der Waals surface area contributed by atoms with Gasteiger partial charge in [0.25, 0.3) is 0 Å². The van der Waals surface area contributed by atoms with E-state index in [-0.39, 0.29) is 18.5 Å². The van der Waals surface area contributed by atoms with E-state index in [4.69, 9.17) is 4.74 Å². The molecule has 2 fully saturated rings. The molecule has 28 heavy (non-hydrogen) atoms. The Hall–Kier alpha value is -2.38. The number of nitrogens with zero attached hydrogens (tertiary/aromatic N) is 2. The first-order valence-corrected chi connectivity index (χ1v) is 11.0. The zero-order valence-electron chi connectivity index (χ0n) is 15.0. The maximum Gasteiger partial charge on any atom is 0.330 e. The highest BCUT2D eigenvalue weighted by Gasteiger charge is 2.57. The van der Waals surface area contributed by atoms with Gasteiger partial charge in [0.05, 0.1) is 10.2 Å². The Labute approximate surface area is 170 Å². The van der Waals surface area contributed by atoms with Gasteiger partial charge in [-0.25, -0.2) is 9.78 Å². The maximum atomic E-state index is 12.8. The van der Waals surface area contributed by atoms with E-state index in [2.05, 4.69) is 4.98 Å². The molecule has 5 rings (SSSR count). The minimum Gasteiger partial charge on any atom is -0.457 e. The van der Waals surface area contributed by atoms with Gasteiger partial charge in [-0.1, -0.05) is 42.5 Å². The van der Waals surface area contributed by atoms with Crippen molar-refractivity contribution in [1.82, 2.24) is 9.88 Å². The number of amides is 1. The normalized spacial score (nSPS) is 23.9. The van der Waals surface area contributed by atoms with E-state index < -0.39 is 10.9 Å². The van der Waals surface area contributed by atoms with Crippen LogP contribution in [0.4, 0.5) is 0 Å². The fourth-order valence-corrected chi connectivity index (χ4v) is 6.54. The number of aromatic nitrogens is 1. The molecule has 0 saturated carbocycles. The molecule has 3 heterocycles. The van der Waals surface area contributed by atoms with Gasteiger partial charge in [-0.15, -0.1) is 23.1 Å². The molecule has 2 aliphatic rings. The van der Waals surface area contributed by atoms with Crippen LogP contribution in [0.25, 0.3) is 10.2 Å². The molecule has 142 valence electrons. The Bertz CT molecular complexity index is 1020. The van der Waals surface area contributed by atoms with Crippen molar-refractivity contribution in [3.8, 4) is 0 Å². The van der Waals surface area contributed by atoms with Crippen molar-refractivity contribution in [2.75, 3.05) is 5.75 Å². The van der Waals surface area contributed by atoms with Crippen molar-refractivity contribution in [2.45, 2.75) is 30.4 Å². The number of esters is 1. The molecule has 0 bridgehead atoms. The lowest BCUT2D eigenvalue weighted by atomic mass is 10.0. The molecule has 0 radical (unpaired) electrons. The fourth-order valence-electron chi connectivity index (χ4n) is 4.03. The third-order valence-electron chi connectivity index (χ3n) is 5.30. The topological polar surface area (TPSA) is 59.5 Å². The number of fused-ring (bicyclic) bond motifs is 2. The Morgan fingerprint density at radius 1 is 1.18 bits per heavy atom. The molecule has 1 amide bonds. The lowest BCUT2D eigenvalue weighted by molar-refractivity contribution is -0.155. The van der Waals surface area contributed by atoms with Gasteiger partial charge in [-0.05, 0) is 24.1 Å². The molecule has 5 nitrogen and oxygen atoms in total. The predicted molar refractivity (Wildman–Crippen MR) is 110 cm³/mol. The molecule has 0 spiro atoms. The summed E-state index contributed by atoms with van der Waals surface area (Å²) in [5.41, 5.74) is 1.99. The molecule has 2 aromatic carbocycles. The summed E-state index contributed by atoms with van der Waals surface area (Å²) in [6.07, 6.45) is 1.19. The molecule has 1 aromatic heterocycles. The third kappa shape index (κ3) is 2.81. The second-order valence-electron chi connectivity index (χ2n) is 6.92. The van der Waals surface area contributed by atoms with Crippen LogP contribution in [-0.2, 0) is 25.8 Å². The average Bonchev–Trinajstić information content (AvgIpc) is 3.40. The van der Waals surface area contributed by atoms with E-state index in [1.165, 1.54) is 11.3 Å². The van der Waals surface area contributed by atoms with Crippen molar-refractivity contribution >= 4 is 45.2 Å². The number of hydrogen-bond donors (Lipinski definition) is 0. The molecule has 2 atom stereocenters. The van der Waals surface area contributed by atoms with Crippen LogP contribution in [0.15, 0.2) is 54.6 Å². The molecule has 0 unspecified atom stereocenters. The van der Waals surface area contributed by atoms with Gasteiger partial charge in [-0.3, -0.25) is 4.79 Å². The molecule has 2 aliphatic heterocycles. The zero-order valence-corrected chi connectivity index (χ0v) is 16.7. The monoisotopic (exact) mass is 410 g/mol. The van der Waals surface area contributed by atoms with Crippen LogP contribution in [0.1, 0.15) is 23.4 Å². The van der Waals surface area contributed by atoms with E-state index >= 15 is 0 Å². The van der Waals surface area contributed by atoms with Crippen molar-refractivity contribution in [3.63, 3.8) is 0 Å². The summed E-state index contributed by atoms with van der Waals surface area (Å²) in [7, 11) is 0. The Kier molecular flexibility index (Phi) is 4.36. The van der Waals surface area contributed by atoms with Gasteiger partial charge in [-0.2, -0.15) is 0 Å². The average molecular weight is 411 g/mol. The largest absolute Gasteiger partial charge is 0.457 e. The summed E-state index contributed by atoms with van der Waals surface area (Å²) in [6, 6.07) is 17.3. The van der Waals surface area contributed by atoms with Crippen LogP contribution >= 0.6 is 23.1 Å². The highest BCUT2D eigenvalue weighted by Crippen LogP contribution is 2.54. The predicted octanol–water partition coefficient (Wildman–Crippen LogP) is 3.93. The first kappa shape index (κ1) is 17.7. The number of thiazole rings is 1. The summed E-state index contributed by atoms with van der Waals surface area (Å²) < 4.78 is 6.65. The summed E-state index contributed by atoms with van der Waals surface area (Å²) in [4.78, 5) is 31.3. The smallest absolute Gasteiger partial charge is 0.330 e. The molecule has 3 aromatic rings. The second-order valence-corrected chi connectivity index (χ2v) is 9.34. The number of thioether (sulfide) groups is 1. The molecule has 2 saturated heterocycles. The van der Waals surface area contributed by atoms with Crippen LogP contribution in [-0.4, -0.2) is 33.6 Å². The van der Waals surface area contributed by atoms with Crippen LogP contribution in [0.5, 0.6) is 0 Å². The zero-order chi connectivity index (χ0) is 19.1. The van der Waals surface area contributed by atoms with Gasteiger partial charge in [0.1, 0.15) is 22.5 Å². The summed E-state index contributed by atoms with van der Waals surface area (Å²) in [5.74, 6) is 0.231. The SMILES string of the molecule is O=C(OCc1nc2ccccc2s1)[C@@H]1CS[C@@]2(c3ccccc3)CCC(=O)N12. The number of rotatable bonds is 4. The number of carbonyl (C=O) groups is 2. The van der Waals surface area contributed by atoms with E-state index in [1.54, 1.807) is 16.7 Å². The molecular weight excluding hydrogens is 392 g/mol. The number of hydrogen-bond acceptors (Lipinski definition) is 6. The minimum absolute atomic E-state index is 0.0239. The number of carbonyl (C=O) groups excluding carboxylic acids is 2. The number of ether oxygens (including phenoxy) is 1.